The van der Waals surface area contributed by atoms with Gasteiger partial charge in [-0.1, -0.05) is 0 Å². The van der Waals surface area contributed by atoms with Crippen LogP contribution in [0.5, 0.6) is 0 Å². The largest absolute Gasteiger partial charge is 0.401 e. The van der Waals surface area contributed by atoms with Crippen molar-refractivity contribution in [2.45, 2.75) is 74.8 Å². The van der Waals surface area contributed by atoms with Gasteiger partial charge in [0, 0.05) is 23.7 Å². The summed E-state index contributed by atoms with van der Waals surface area (Å²) >= 11 is 0. The molecule has 3 rings (SSSR count). The Hall–Kier alpha value is -0.330. The molecule has 2 unspecified atom stereocenters. The van der Waals surface area contributed by atoms with Gasteiger partial charge in [0.25, 0.3) is 0 Å². The Balaban J connectivity index is 1.63. The molecule has 0 aromatic carbocycles. The zero-order valence-electron chi connectivity index (χ0n) is 11.6. The Morgan fingerprint density at radius 1 is 1.10 bits per heavy atom. The number of aliphatic hydroxyl groups excluding tert-OH is 1. The molecule has 0 aliphatic heterocycles. The van der Waals surface area contributed by atoms with E-state index in [2.05, 4.69) is 5.32 Å². The highest BCUT2D eigenvalue weighted by Gasteiger charge is 2.48. The Labute approximate surface area is 117 Å². The second-order valence-corrected chi connectivity index (χ2v) is 6.77. The maximum atomic E-state index is 12.7. The van der Waals surface area contributed by atoms with E-state index in [9.17, 15) is 18.3 Å². The summed E-state index contributed by atoms with van der Waals surface area (Å²) in [7, 11) is 0. The van der Waals surface area contributed by atoms with Crippen molar-refractivity contribution < 1.29 is 18.3 Å². The predicted molar refractivity (Wildman–Crippen MR) is 69.4 cm³/mol. The molecule has 20 heavy (non-hydrogen) atoms. The first-order valence-corrected chi connectivity index (χ1v) is 7.62. The van der Waals surface area contributed by atoms with Gasteiger partial charge in [-0.15, -0.1) is 0 Å². The molecule has 0 amide bonds. The van der Waals surface area contributed by atoms with E-state index in [1.165, 1.54) is 0 Å². The average Bonchev–Trinajstić information content (AvgIpc) is 3.25. The van der Waals surface area contributed by atoms with Crippen molar-refractivity contribution in [3.05, 3.63) is 0 Å². The third kappa shape index (κ3) is 3.46. The lowest BCUT2D eigenvalue weighted by molar-refractivity contribution is -0.152. The van der Waals surface area contributed by atoms with Gasteiger partial charge in [0.15, 0.2) is 0 Å². The van der Waals surface area contributed by atoms with Crippen LogP contribution in [-0.4, -0.2) is 53.0 Å². The summed E-state index contributed by atoms with van der Waals surface area (Å²) in [6.45, 7) is -0.766. The number of nitrogens with zero attached hydrogens (tertiary/aromatic N) is 1. The highest BCUT2D eigenvalue weighted by Crippen LogP contribution is 2.41. The van der Waals surface area contributed by atoms with Crippen LogP contribution >= 0.6 is 0 Å². The molecule has 0 radical (unpaired) electrons. The van der Waals surface area contributed by atoms with Crippen LogP contribution in [0.4, 0.5) is 13.2 Å². The first-order chi connectivity index (χ1) is 9.41. The molecule has 0 spiro atoms. The maximum Gasteiger partial charge on any atom is 0.401 e. The summed E-state index contributed by atoms with van der Waals surface area (Å²) < 4.78 is 38.2. The van der Waals surface area contributed by atoms with Crippen LogP contribution in [-0.2, 0) is 0 Å². The van der Waals surface area contributed by atoms with E-state index in [1.54, 1.807) is 4.90 Å². The van der Waals surface area contributed by atoms with Crippen LogP contribution in [0.1, 0.15) is 44.9 Å². The van der Waals surface area contributed by atoms with Gasteiger partial charge in [0.1, 0.15) is 0 Å². The number of hydrogen-bond acceptors (Lipinski definition) is 3. The van der Waals surface area contributed by atoms with Crippen molar-refractivity contribution in [2.75, 3.05) is 13.2 Å². The van der Waals surface area contributed by atoms with Gasteiger partial charge in [0.2, 0.25) is 0 Å². The Morgan fingerprint density at radius 3 is 2.30 bits per heavy atom. The van der Waals surface area contributed by atoms with Gasteiger partial charge in [-0.3, -0.25) is 4.90 Å². The lowest BCUT2D eigenvalue weighted by Gasteiger charge is -2.33. The summed E-state index contributed by atoms with van der Waals surface area (Å²) in [6, 6.07) is 0.539. The fourth-order valence-electron chi connectivity index (χ4n) is 3.53. The SMILES string of the molecule is OCC1(NC2CC2)CCC(N(CC(F)(F)F)C2CC2)C1. The molecule has 0 bridgehead atoms. The Bertz CT molecular complexity index is 355. The summed E-state index contributed by atoms with van der Waals surface area (Å²) in [5.41, 5.74) is -0.343. The normalized spacial score (nSPS) is 35.0. The standard InChI is InChI=1S/C14H23F3N2O/c15-14(16,17)8-19(11-3-4-11)12-5-6-13(7-12,9-20)18-10-1-2-10/h10-12,18,20H,1-9H2. The van der Waals surface area contributed by atoms with Gasteiger partial charge in [-0.25, -0.2) is 0 Å². The molecule has 0 saturated heterocycles. The number of aliphatic hydroxyl groups is 1. The Kier molecular flexibility index (Phi) is 3.75. The van der Waals surface area contributed by atoms with Crippen molar-refractivity contribution in [3.8, 4) is 0 Å². The van der Waals surface area contributed by atoms with Gasteiger partial charge < -0.3 is 10.4 Å². The minimum absolute atomic E-state index is 0.0323. The minimum atomic E-state index is -4.13. The quantitative estimate of drug-likeness (QED) is 0.786. The Morgan fingerprint density at radius 2 is 1.80 bits per heavy atom. The highest BCUT2D eigenvalue weighted by atomic mass is 19.4. The first-order valence-electron chi connectivity index (χ1n) is 7.62. The molecule has 6 heteroatoms. The second kappa shape index (κ2) is 5.14. The molecule has 3 fully saturated rings. The summed E-state index contributed by atoms with van der Waals surface area (Å²) in [5.74, 6) is 0. The van der Waals surface area contributed by atoms with Crippen LogP contribution in [0.2, 0.25) is 0 Å². The van der Waals surface area contributed by atoms with Crippen LogP contribution < -0.4 is 5.32 Å². The number of hydrogen-bond donors (Lipinski definition) is 2. The van der Waals surface area contributed by atoms with E-state index in [-0.39, 0.29) is 24.2 Å². The van der Waals surface area contributed by atoms with Crippen LogP contribution in [0.25, 0.3) is 0 Å². The van der Waals surface area contributed by atoms with E-state index in [4.69, 9.17) is 0 Å². The molecule has 0 aromatic rings. The fraction of sp³-hybridized carbons (Fsp3) is 1.00. The van der Waals surface area contributed by atoms with E-state index < -0.39 is 12.7 Å². The number of nitrogens with one attached hydrogen (secondary N) is 1. The predicted octanol–water partition coefficient (Wildman–Crippen LogP) is 2.05. The lowest BCUT2D eigenvalue weighted by atomic mass is 9.98. The maximum absolute atomic E-state index is 12.7. The third-order valence-electron chi connectivity index (χ3n) is 4.82. The number of rotatable bonds is 6. The van der Waals surface area contributed by atoms with Gasteiger partial charge in [-0.2, -0.15) is 13.2 Å². The van der Waals surface area contributed by atoms with Gasteiger partial charge in [0.05, 0.1) is 13.2 Å². The minimum Gasteiger partial charge on any atom is -0.394 e. The van der Waals surface area contributed by atoms with E-state index >= 15 is 0 Å². The van der Waals surface area contributed by atoms with E-state index in [0.717, 1.165) is 38.5 Å². The molecular formula is C14H23F3N2O. The number of halogens is 3. The van der Waals surface area contributed by atoms with Crippen molar-refractivity contribution in [3.63, 3.8) is 0 Å². The summed E-state index contributed by atoms with van der Waals surface area (Å²) in [6.07, 6.45) is 2.08. The van der Waals surface area contributed by atoms with Crippen molar-refractivity contribution >= 4 is 0 Å². The van der Waals surface area contributed by atoms with Crippen molar-refractivity contribution in [2.24, 2.45) is 0 Å². The molecular weight excluding hydrogens is 269 g/mol. The van der Waals surface area contributed by atoms with E-state index in [1.807, 2.05) is 0 Å². The molecule has 3 aliphatic rings. The van der Waals surface area contributed by atoms with E-state index in [0.29, 0.717) is 12.5 Å². The molecule has 2 atom stereocenters. The molecule has 2 N–H and O–H groups in total. The van der Waals surface area contributed by atoms with Crippen molar-refractivity contribution in [1.82, 2.24) is 10.2 Å². The lowest BCUT2D eigenvalue weighted by Crippen LogP contribution is -2.50. The smallest absolute Gasteiger partial charge is 0.394 e. The van der Waals surface area contributed by atoms with Crippen LogP contribution in [0.15, 0.2) is 0 Å². The topological polar surface area (TPSA) is 35.5 Å². The molecule has 3 nitrogen and oxygen atoms in total. The van der Waals surface area contributed by atoms with Gasteiger partial charge >= 0.3 is 6.18 Å². The van der Waals surface area contributed by atoms with Crippen LogP contribution in [0, 0.1) is 0 Å². The molecule has 3 saturated carbocycles. The molecule has 0 aromatic heterocycles. The summed E-state index contributed by atoms with van der Waals surface area (Å²) in [4.78, 5) is 1.64. The fourth-order valence-corrected chi connectivity index (χ4v) is 3.53. The number of alkyl halides is 3. The average molecular weight is 292 g/mol. The third-order valence-corrected chi connectivity index (χ3v) is 4.82. The van der Waals surface area contributed by atoms with Crippen LogP contribution in [0.3, 0.4) is 0 Å². The zero-order chi connectivity index (χ0) is 14.4. The monoisotopic (exact) mass is 292 g/mol. The highest BCUT2D eigenvalue weighted by molar-refractivity contribution is 5.05. The molecule has 3 aliphatic carbocycles. The second-order valence-electron chi connectivity index (χ2n) is 6.77. The summed E-state index contributed by atoms with van der Waals surface area (Å²) in [5, 5.41) is 13.1. The molecule has 116 valence electrons. The van der Waals surface area contributed by atoms with Crippen molar-refractivity contribution in [1.29, 1.82) is 0 Å². The van der Waals surface area contributed by atoms with Gasteiger partial charge in [-0.05, 0) is 44.9 Å². The zero-order valence-corrected chi connectivity index (χ0v) is 11.6. The molecule has 0 heterocycles. The first kappa shape index (κ1) is 14.6.